The van der Waals surface area contributed by atoms with Crippen LogP contribution in [0.2, 0.25) is 0 Å². The SMILES string of the molecule is COc1ccccc1[C@@H](C)NC(=O)CSc1nc(C)c(C)c(C)n1. The van der Waals surface area contributed by atoms with Gasteiger partial charge in [-0.3, -0.25) is 4.79 Å². The van der Waals surface area contributed by atoms with Gasteiger partial charge in [0.15, 0.2) is 5.16 Å². The van der Waals surface area contributed by atoms with Gasteiger partial charge in [0.25, 0.3) is 0 Å². The van der Waals surface area contributed by atoms with Crippen molar-refractivity contribution >= 4 is 17.7 Å². The summed E-state index contributed by atoms with van der Waals surface area (Å²) < 4.78 is 5.34. The molecule has 1 N–H and O–H groups in total. The molecule has 0 saturated heterocycles. The fourth-order valence-corrected chi connectivity index (χ4v) is 3.07. The standard InChI is InChI=1S/C18H23N3O2S/c1-11-12(2)20-18(21-13(11)3)24-10-17(22)19-14(4)15-8-6-7-9-16(15)23-5/h6-9,14H,10H2,1-5H3,(H,19,22)/t14-/m1/s1. The molecule has 24 heavy (non-hydrogen) atoms. The molecule has 1 amide bonds. The number of thioether (sulfide) groups is 1. The number of amides is 1. The molecule has 6 heteroatoms. The average molecular weight is 345 g/mol. The van der Waals surface area contributed by atoms with Crippen LogP contribution in [0.3, 0.4) is 0 Å². The van der Waals surface area contributed by atoms with Crippen molar-refractivity contribution in [3.63, 3.8) is 0 Å². The number of hydrogen-bond acceptors (Lipinski definition) is 5. The highest BCUT2D eigenvalue weighted by Gasteiger charge is 2.14. The molecule has 5 nitrogen and oxygen atoms in total. The molecule has 0 fully saturated rings. The molecule has 0 aliphatic heterocycles. The third-order valence-corrected chi connectivity index (χ3v) is 4.77. The van der Waals surface area contributed by atoms with Crippen molar-refractivity contribution in [1.82, 2.24) is 15.3 Å². The number of rotatable bonds is 6. The molecule has 0 saturated carbocycles. The lowest BCUT2D eigenvalue weighted by Crippen LogP contribution is -2.28. The van der Waals surface area contributed by atoms with E-state index in [1.165, 1.54) is 11.8 Å². The molecule has 128 valence electrons. The average Bonchev–Trinajstić information content (AvgIpc) is 2.57. The summed E-state index contributed by atoms with van der Waals surface area (Å²) in [5.74, 6) is 0.991. The summed E-state index contributed by atoms with van der Waals surface area (Å²) in [4.78, 5) is 21.1. The zero-order valence-corrected chi connectivity index (χ0v) is 15.5. The topological polar surface area (TPSA) is 64.1 Å². The Hall–Kier alpha value is -2.08. The minimum absolute atomic E-state index is 0.0575. The maximum atomic E-state index is 12.2. The van der Waals surface area contributed by atoms with E-state index in [0.29, 0.717) is 5.16 Å². The summed E-state index contributed by atoms with van der Waals surface area (Å²) in [5, 5.41) is 3.62. The summed E-state index contributed by atoms with van der Waals surface area (Å²) >= 11 is 1.35. The van der Waals surface area contributed by atoms with Gasteiger partial charge in [0.05, 0.1) is 18.9 Å². The van der Waals surface area contributed by atoms with Gasteiger partial charge in [0, 0.05) is 17.0 Å². The van der Waals surface area contributed by atoms with Crippen molar-refractivity contribution in [2.45, 2.75) is 38.9 Å². The fraction of sp³-hybridized carbons (Fsp3) is 0.389. The number of nitrogens with zero attached hydrogens (tertiary/aromatic N) is 2. The van der Waals surface area contributed by atoms with E-state index in [0.717, 1.165) is 28.3 Å². The highest BCUT2D eigenvalue weighted by molar-refractivity contribution is 7.99. The molecule has 0 radical (unpaired) electrons. The first kappa shape index (κ1) is 18.3. The summed E-state index contributed by atoms with van der Waals surface area (Å²) in [7, 11) is 1.63. The third-order valence-electron chi connectivity index (χ3n) is 3.93. The Kier molecular flexibility index (Phi) is 6.20. The van der Waals surface area contributed by atoms with Crippen LogP contribution in [0, 0.1) is 20.8 Å². The van der Waals surface area contributed by atoms with Crippen molar-refractivity contribution in [1.29, 1.82) is 0 Å². The van der Waals surface area contributed by atoms with Crippen molar-refractivity contribution < 1.29 is 9.53 Å². The number of hydrogen-bond donors (Lipinski definition) is 1. The van der Waals surface area contributed by atoms with Crippen molar-refractivity contribution in [2.24, 2.45) is 0 Å². The third kappa shape index (κ3) is 4.47. The molecule has 0 aliphatic rings. The monoisotopic (exact) mass is 345 g/mol. The smallest absolute Gasteiger partial charge is 0.230 e. The van der Waals surface area contributed by atoms with Gasteiger partial charge in [-0.15, -0.1) is 0 Å². The van der Waals surface area contributed by atoms with Gasteiger partial charge >= 0.3 is 0 Å². The van der Waals surface area contributed by atoms with E-state index < -0.39 is 0 Å². The lowest BCUT2D eigenvalue weighted by molar-refractivity contribution is -0.119. The van der Waals surface area contributed by atoms with Gasteiger partial charge in [0.1, 0.15) is 5.75 Å². The molecule has 0 aliphatic carbocycles. The highest BCUT2D eigenvalue weighted by atomic mass is 32.2. The second-order valence-corrected chi connectivity index (χ2v) is 6.56. The predicted molar refractivity (Wildman–Crippen MR) is 96.5 cm³/mol. The zero-order valence-electron chi connectivity index (χ0n) is 14.7. The predicted octanol–water partition coefficient (Wildman–Crippen LogP) is 3.38. The summed E-state index contributed by atoms with van der Waals surface area (Å²) in [5.41, 5.74) is 3.95. The molecule has 1 aromatic heterocycles. The summed E-state index contributed by atoms with van der Waals surface area (Å²) in [6.45, 7) is 7.85. The van der Waals surface area contributed by atoms with Gasteiger partial charge < -0.3 is 10.1 Å². The number of para-hydroxylation sites is 1. The first-order valence-electron chi connectivity index (χ1n) is 7.79. The maximum absolute atomic E-state index is 12.2. The lowest BCUT2D eigenvalue weighted by Gasteiger charge is -2.17. The molecule has 1 aromatic carbocycles. The first-order chi connectivity index (χ1) is 11.4. The normalized spacial score (nSPS) is 11.9. The van der Waals surface area contributed by atoms with E-state index in [1.54, 1.807) is 7.11 Å². The Morgan fingerprint density at radius 3 is 2.46 bits per heavy atom. The van der Waals surface area contributed by atoms with Crippen LogP contribution in [0.15, 0.2) is 29.4 Å². The molecule has 2 aromatic rings. The van der Waals surface area contributed by atoms with Gasteiger partial charge in [-0.05, 0) is 39.3 Å². The largest absolute Gasteiger partial charge is 0.496 e. The molecule has 0 unspecified atom stereocenters. The second-order valence-electron chi connectivity index (χ2n) is 5.62. The molecule has 0 spiro atoms. The van der Waals surface area contributed by atoms with E-state index in [1.807, 2.05) is 52.0 Å². The second kappa shape index (κ2) is 8.15. The number of aryl methyl sites for hydroxylation is 2. The van der Waals surface area contributed by atoms with Crippen LogP contribution in [0.25, 0.3) is 0 Å². The van der Waals surface area contributed by atoms with Gasteiger partial charge in [-0.25, -0.2) is 9.97 Å². The number of aromatic nitrogens is 2. The molecular formula is C18H23N3O2S. The lowest BCUT2D eigenvalue weighted by atomic mass is 10.1. The molecular weight excluding hydrogens is 322 g/mol. The first-order valence-corrected chi connectivity index (χ1v) is 8.77. The number of ether oxygens (including phenoxy) is 1. The summed E-state index contributed by atoms with van der Waals surface area (Å²) in [6, 6.07) is 7.55. The van der Waals surface area contributed by atoms with Crippen molar-refractivity contribution in [3.8, 4) is 5.75 Å². The van der Waals surface area contributed by atoms with Crippen LogP contribution in [-0.4, -0.2) is 28.7 Å². The van der Waals surface area contributed by atoms with Crippen LogP contribution in [-0.2, 0) is 4.79 Å². The Morgan fingerprint density at radius 1 is 1.21 bits per heavy atom. The number of nitrogens with one attached hydrogen (secondary N) is 1. The Labute approximate surface area is 147 Å². The van der Waals surface area contributed by atoms with Gasteiger partial charge in [0.2, 0.25) is 5.91 Å². The van der Waals surface area contributed by atoms with Crippen LogP contribution in [0.1, 0.15) is 35.5 Å². The Balaban J connectivity index is 1.96. The quantitative estimate of drug-likeness (QED) is 0.642. The van der Waals surface area contributed by atoms with Crippen LogP contribution in [0.5, 0.6) is 5.75 Å². The van der Waals surface area contributed by atoms with E-state index in [4.69, 9.17) is 4.74 Å². The number of methoxy groups -OCH3 is 1. The Morgan fingerprint density at radius 2 is 1.83 bits per heavy atom. The van der Waals surface area contributed by atoms with Crippen molar-refractivity contribution in [2.75, 3.05) is 12.9 Å². The van der Waals surface area contributed by atoms with E-state index in [9.17, 15) is 4.79 Å². The minimum atomic E-state index is -0.128. The van der Waals surface area contributed by atoms with Crippen molar-refractivity contribution in [3.05, 3.63) is 46.8 Å². The van der Waals surface area contributed by atoms with E-state index in [2.05, 4.69) is 15.3 Å². The number of carbonyl (C=O) groups is 1. The molecule has 2 rings (SSSR count). The van der Waals surface area contributed by atoms with E-state index >= 15 is 0 Å². The fourth-order valence-electron chi connectivity index (χ4n) is 2.32. The number of carbonyl (C=O) groups excluding carboxylic acids is 1. The van der Waals surface area contributed by atoms with Crippen LogP contribution >= 0.6 is 11.8 Å². The number of benzene rings is 1. The molecule has 1 heterocycles. The van der Waals surface area contributed by atoms with Gasteiger partial charge in [-0.2, -0.15) is 0 Å². The Bertz CT molecular complexity index is 711. The summed E-state index contributed by atoms with van der Waals surface area (Å²) in [6.07, 6.45) is 0. The zero-order chi connectivity index (χ0) is 17.7. The maximum Gasteiger partial charge on any atom is 0.230 e. The van der Waals surface area contributed by atoms with Gasteiger partial charge in [-0.1, -0.05) is 30.0 Å². The molecule has 0 bridgehead atoms. The van der Waals surface area contributed by atoms with Crippen LogP contribution < -0.4 is 10.1 Å². The minimum Gasteiger partial charge on any atom is -0.496 e. The van der Waals surface area contributed by atoms with Crippen LogP contribution in [0.4, 0.5) is 0 Å². The van der Waals surface area contributed by atoms with E-state index in [-0.39, 0.29) is 17.7 Å². The highest BCUT2D eigenvalue weighted by Crippen LogP contribution is 2.24. The molecule has 1 atom stereocenters.